The van der Waals surface area contributed by atoms with Gasteiger partial charge in [0.15, 0.2) is 0 Å². The van der Waals surface area contributed by atoms with Crippen LogP contribution in [0.1, 0.15) is 0 Å². The Kier molecular flexibility index (Phi) is 2.27. The van der Waals surface area contributed by atoms with Crippen molar-refractivity contribution in [3.8, 4) is 6.07 Å². The highest BCUT2D eigenvalue weighted by atomic mass is 127. The zero-order valence-corrected chi connectivity index (χ0v) is 6.92. The predicted molar refractivity (Wildman–Crippen MR) is 38.8 cm³/mol. The van der Waals surface area contributed by atoms with Gasteiger partial charge in [-0.25, -0.2) is 0 Å². The minimum Gasteiger partial charge on any atom is -0.378 e. The summed E-state index contributed by atoms with van der Waals surface area (Å²) >= 11 is 1.79. The highest BCUT2D eigenvalue weighted by Crippen LogP contribution is 2.27. The van der Waals surface area contributed by atoms with Crippen molar-refractivity contribution in [2.45, 2.75) is 0 Å². The summed E-state index contributed by atoms with van der Waals surface area (Å²) < 4.78 is 9.68. The minimum absolute atomic E-state index is 0.332. The molecule has 3 nitrogen and oxygen atoms in total. The second-order valence-corrected chi connectivity index (χ2v) is 2.76. The SMILES string of the molecule is N#CC1(COI)COC1. The second-order valence-electron chi connectivity index (χ2n) is 2.14. The number of hydrogen-bond donors (Lipinski definition) is 0. The monoisotopic (exact) mass is 239 g/mol. The van der Waals surface area contributed by atoms with Crippen LogP contribution in [0.2, 0.25) is 0 Å². The van der Waals surface area contributed by atoms with Gasteiger partial charge in [0, 0.05) is 0 Å². The molecule has 0 amide bonds. The van der Waals surface area contributed by atoms with E-state index in [1.165, 1.54) is 0 Å². The van der Waals surface area contributed by atoms with E-state index in [1.54, 1.807) is 23.0 Å². The maximum Gasteiger partial charge on any atom is 0.128 e. The van der Waals surface area contributed by atoms with E-state index in [2.05, 4.69) is 6.07 Å². The largest absolute Gasteiger partial charge is 0.378 e. The molecule has 0 saturated carbocycles. The highest BCUT2D eigenvalue weighted by Gasteiger charge is 2.39. The van der Waals surface area contributed by atoms with E-state index in [0.29, 0.717) is 19.8 Å². The molecule has 0 atom stereocenters. The van der Waals surface area contributed by atoms with Gasteiger partial charge in [-0.1, -0.05) is 0 Å². The Morgan fingerprint density at radius 2 is 2.44 bits per heavy atom. The van der Waals surface area contributed by atoms with E-state index < -0.39 is 0 Å². The Morgan fingerprint density at radius 1 is 1.78 bits per heavy atom. The first-order valence-corrected chi connectivity index (χ1v) is 3.44. The van der Waals surface area contributed by atoms with Crippen LogP contribution in [0.25, 0.3) is 0 Å². The highest BCUT2D eigenvalue weighted by molar-refractivity contribution is 14.1. The molecule has 1 saturated heterocycles. The van der Waals surface area contributed by atoms with Gasteiger partial charge in [-0.05, 0) is 0 Å². The van der Waals surface area contributed by atoms with Crippen molar-refractivity contribution in [2.24, 2.45) is 5.41 Å². The van der Waals surface area contributed by atoms with Gasteiger partial charge in [0.1, 0.15) is 28.4 Å². The molecule has 1 rings (SSSR count). The summed E-state index contributed by atoms with van der Waals surface area (Å²) in [5.41, 5.74) is -0.332. The third-order valence-corrected chi connectivity index (χ3v) is 1.64. The van der Waals surface area contributed by atoms with Crippen molar-refractivity contribution in [3.05, 3.63) is 0 Å². The summed E-state index contributed by atoms with van der Waals surface area (Å²) in [5, 5.41) is 8.55. The maximum atomic E-state index is 8.55. The smallest absolute Gasteiger partial charge is 0.128 e. The maximum absolute atomic E-state index is 8.55. The Hall–Kier alpha value is 0.140. The molecule has 1 aliphatic heterocycles. The lowest BCUT2D eigenvalue weighted by Gasteiger charge is -2.33. The number of nitriles is 1. The summed E-state index contributed by atoms with van der Waals surface area (Å²) in [6.07, 6.45) is 0. The van der Waals surface area contributed by atoms with Crippen molar-refractivity contribution in [1.82, 2.24) is 0 Å². The van der Waals surface area contributed by atoms with Gasteiger partial charge < -0.3 is 7.80 Å². The molecule has 1 heterocycles. The molecule has 1 fully saturated rings. The number of hydrogen-bond acceptors (Lipinski definition) is 3. The molecular weight excluding hydrogens is 233 g/mol. The molecule has 0 N–H and O–H groups in total. The van der Waals surface area contributed by atoms with E-state index >= 15 is 0 Å². The molecule has 50 valence electrons. The zero-order valence-electron chi connectivity index (χ0n) is 4.76. The average Bonchev–Trinajstić information content (AvgIpc) is 1.79. The van der Waals surface area contributed by atoms with Gasteiger partial charge in [0.2, 0.25) is 0 Å². The molecule has 0 radical (unpaired) electrons. The van der Waals surface area contributed by atoms with E-state index in [-0.39, 0.29) is 5.41 Å². The number of halogens is 1. The van der Waals surface area contributed by atoms with Crippen LogP contribution in [0.15, 0.2) is 0 Å². The van der Waals surface area contributed by atoms with Crippen LogP contribution in [0.4, 0.5) is 0 Å². The Balaban J connectivity index is 2.40. The van der Waals surface area contributed by atoms with Gasteiger partial charge in [-0.15, -0.1) is 0 Å². The Morgan fingerprint density at radius 3 is 2.56 bits per heavy atom. The van der Waals surface area contributed by atoms with E-state index in [0.717, 1.165) is 0 Å². The fraction of sp³-hybridized carbons (Fsp3) is 0.800. The normalized spacial score (nSPS) is 22.2. The standard InChI is InChI=1S/C5H6INO2/c6-9-4-5(1-7)2-8-3-5/h2-4H2. The van der Waals surface area contributed by atoms with Crippen LogP contribution in [0.5, 0.6) is 0 Å². The number of ether oxygens (including phenoxy) is 1. The molecule has 0 aromatic heterocycles. The Bertz CT molecular complexity index is 138. The molecule has 4 heteroatoms. The summed E-state index contributed by atoms with van der Waals surface area (Å²) in [5.74, 6) is 0. The van der Waals surface area contributed by atoms with Crippen molar-refractivity contribution in [2.75, 3.05) is 19.8 Å². The van der Waals surface area contributed by atoms with E-state index in [9.17, 15) is 0 Å². The van der Waals surface area contributed by atoms with Crippen molar-refractivity contribution in [3.63, 3.8) is 0 Å². The fourth-order valence-electron chi connectivity index (χ4n) is 0.633. The minimum atomic E-state index is -0.332. The van der Waals surface area contributed by atoms with Gasteiger partial charge in [-0.2, -0.15) is 5.26 Å². The van der Waals surface area contributed by atoms with Crippen LogP contribution in [-0.4, -0.2) is 19.8 Å². The molecule has 0 aromatic carbocycles. The molecule has 0 spiro atoms. The van der Waals surface area contributed by atoms with Crippen LogP contribution < -0.4 is 0 Å². The van der Waals surface area contributed by atoms with Crippen LogP contribution >= 0.6 is 23.0 Å². The van der Waals surface area contributed by atoms with Crippen LogP contribution in [0, 0.1) is 16.7 Å². The van der Waals surface area contributed by atoms with Gasteiger partial charge in [0.05, 0.1) is 25.9 Å². The van der Waals surface area contributed by atoms with Gasteiger partial charge >= 0.3 is 0 Å². The molecule has 0 aliphatic carbocycles. The predicted octanol–water partition coefficient (Wildman–Crippen LogP) is 0.893. The third-order valence-electron chi connectivity index (χ3n) is 1.32. The summed E-state index contributed by atoms with van der Waals surface area (Å²) in [6, 6.07) is 2.16. The van der Waals surface area contributed by atoms with Crippen molar-refractivity contribution < 1.29 is 7.80 Å². The first-order valence-electron chi connectivity index (χ1n) is 2.55. The van der Waals surface area contributed by atoms with Crippen LogP contribution in [0.3, 0.4) is 0 Å². The van der Waals surface area contributed by atoms with Gasteiger partial charge in [0.25, 0.3) is 0 Å². The van der Waals surface area contributed by atoms with Crippen LogP contribution in [-0.2, 0) is 7.80 Å². The molecule has 0 aromatic rings. The van der Waals surface area contributed by atoms with Crippen molar-refractivity contribution in [1.29, 1.82) is 5.26 Å². The lowest BCUT2D eigenvalue weighted by molar-refractivity contribution is -0.0908. The number of nitrogens with zero attached hydrogens (tertiary/aromatic N) is 1. The molecule has 0 bridgehead atoms. The Labute approximate surface area is 67.6 Å². The topological polar surface area (TPSA) is 42.2 Å². The molecule has 9 heavy (non-hydrogen) atoms. The second kappa shape index (κ2) is 2.82. The zero-order chi connectivity index (χ0) is 6.74. The van der Waals surface area contributed by atoms with Crippen molar-refractivity contribution >= 4 is 23.0 Å². The van der Waals surface area contributed by atoms with E-state index in [4.69, 9.17) is 13.1 Å². The van der Waals surface area contributed by atoms with E-state index in [1.807, 2.05) is 0 Å². The van der Waals surface area contributed by atoms with Gasteiger partial charge in [-0.3, -0.25) is 0 Å². The summed E-state index contributed by atoms with van der Waals surface area (Å²) in [7, 11) is 0. The lowest BCUT2D eigenvalue weighted by Crippen LogP contribution is -2.44. The summed E-state index contributed by atoms with van der Waals surface area (Å²) in [6.45, 7) is 1.52. The number of rotatable bonds is 2. The first-order chi connectivity index (χ1) is 4.33. The first kappa shape index (κ1) is 7.25. The average molecular weight is 239 g/mol. The third kappa shape index (κ3) is 1.34. The molecule has 0 unspecified atom stereocenters. The quantitative estimate of drug-likeness (QED) is 0.672. The molecule has 1 aliphatic rings. The lowest BCUT2D eigenvalue weighted by atomic mass is 9.89. The fourth-order valence-corrected chi connectivity index (χ4v) is 1.23. The summed E-state index contributed by atoms with van der Waals surface area (Å²) in [4.78, 5) is 0. The molecular formula is C5H6INO2.